The van der Waals surface area contributed by atoms with Crippen molar-refractivity contribution in [1.82, 2.24) is 4.98 Å². The van der Waals surface area contributed by atoms with Crippen LogP contribution in [0.1, 0.15) is 37.3 Å². The Bertz CT molecular complexity index is 322. The Morgan fingerprint density at radius 3 is 2.41 bits per heavy atom. The maximum absolute atomic E-state index is 5.74. The molecular weight excluding hydrogens is 234 g/mol. The topological polar surface area (TPSA) is 51.4 Å². The van der Waals surface area contributed by atoms with Gasteiger partial charge in [-0.05, 0) is 12.8 Å². The van der Waals surface area contributed by atoms with E-state index in [1.807, 2.05) is 0 Å². The van der Waals surface area contributed by atoms with Crippen LogP contribution in [0.5, 0.6) is 0 Å². The van der Waals surface area contributed by atoms with Gasteiger partial charge in [0.1, 0.15) is 0 Å². The molecule has 1 aromatic rings. The molecule has 0 aliphatic carbocycles. The zero-order valence-corrected chi connectivity index (χ0v) is 11.8. The summed E-state index contributed by atoms with van der Waals surface area (Å²) in [6, 6.07) is 0. The van der Waals surface area contributed by atoms with Crippen molar-refractivity contribution in [3.63, 3.8) is 0 Å². The molecule has 17 heavy (non-hydrogen) atoms. The first-order valence-electron chi connectivity index (χ1n) is 6.19. The molecule has 0 bridgehead atoms. The Morgan fingerprint density at radius 2 is 1.94 bits per heavy atom. The first-order valence-corrected chi connectivity index (χ1v) is 7.00. The molecule has 0 aliphatic rings. The monoisotopic (exact) mass is 257 g/mol. The molecule has 0 aromatic carbocycles. The van der Waals surface area contributed by atoms with Gasteiger partial charge in [0, 0.05) is 31.6 Å². The number of nitrogens with zero attached hydrogens (tertiary/aromatic N) is 2. The minimum absolute atomic E-state index is 0.544. The largest absolute Gasteiger partial charge is 0.378 e. The van der Waals surface area contributed by atoms with Crippen molar-refractivity contribution in [2.24, 2.45) is 5.73 Å². The number of thiazole rings is 1. The summed E-state index contributed by atoms with van der Waals surface area (Å²) in [6.07, 6.45) is 2.27. The summed E-state index contributed by atoms with van der Waals surface area (Å²) in [5.41, 5.74) is 6.73. The summed E-state index contributed by atoms with van der Waals surface area (Å²) < 4.78 is 5.15. The fraction of sp³-hybridized carbons (Fsp3) is 0.750. The van der Waals surface area contributed by atoms with Crippen molar-refractivity contribution >= 4 is 16.5 Å². The van der Waals surface area contributed by atoms with Gasteiger partial charge in [0.25, 0.3) is 0 Å². The third-order valence-corrected chi connectivity index (χ3v) is 3.67. The van der Waals surface area contributed by atoms with Crippen molar-refractivity contribution in [2.45, 2.75) is 39.8 Å². The lowest BCUT2D eigenvalue weighted by molar-refractivity contribution is 0.181. The summed E-state index contributed by atoms with van der Waals surface area (Å²) in [7, 11) is 1.69. The number of hydrogen-bond donors (Lipinski definition) is 1. The SMILES string of the molecule is CCCN(CCC)c1nc(COC)c(CN)s1. The van der Waals surface area contributed by atoms with E-state index in [0.29, 0.717) is 13.2 Å². The normalized spacial score (nSPS) is 10.8. The standard InChI is InChI=1S/C12H23N3OS/c1-4-6-15(7-5-2)12-14-10(9-16-3)11(8-13)17-12/h4-9,13H2,1-3H3. The molecule has 0 radical (unpaired) electrons. The molecule has 1 rings (SSSR count). The van der Waals surface area contributed by atoms with Crippen molar-refractivity contribution < 1.29 is 4.74 Å². The van der Waals surface area contributed by atoms with Crippen LogP contribution in [0.15, 0.2) is 0 Å². The van der Waals surface area contributed by atoms with Gasteiger partial charge in [-0.15, -0.1) is 11.3 Å². The zero-order valence-electron chi connectivity index (χ0n) is 11.0. The molecule has 5 heteroatoms. The van der Waals surface area contributed by atoms with Gasteiger partial charge in [0.2, 0.25) is 0 Å². The lowest BCUT2D eigenvalue weighted by Crippen LogP contribution is -2.24. The molecule has 0 fully saturated rings. The highest BCUT2D eigenvalue weighted by molar-refractivity contribution is 7.15. The number of aromatic nitrogens is 1. The summed E-state index contributed by atoms with van der Waals surface area (Å²) >= 11 is 1.70. The van der Waals surface area contributed by atoms with Gasteiger partial charge in [-0.25, -0.2) is 4.98 Å². The van der Waals surface area contributed by atoms with E-state index in [1.54, 1.807) is 18.4 Å². The van der Waals surface area contributed by atoms with Crippen LogP contribution in [0.25, 0.3) is 0 Å². The number of methoxy groups -OCH3 is 1. The number of rotatable bonds is 8. The molecule has 0 aliphatic heterocycles. The fourth-order valence-electron chi connectivity index (χ4n) is 1.76. The zero-order chi connectivity index (χ0) is 12.7. The summed E-state index contributed by atoms with van der Waals surface area (Å²) in [5.74, 6) is 0. The minimum atomic E-state index is 0.544. The predicted molar refractivity (Wildman–Crippen MR) is 73.5 cm³/mol. The molecule has 0 atom stereocenters. The molecule has 1 heterocycles. The molecular formula is C12H23N3OS. The van der Waals surface area contributed by atoms with Crippen molar-refractivity contribution in [3.05, 3.63) is 10.6 Å². The number of hydrogen-bond acceptors (Lipinski definition) is 5. The average Bonchev–Trinajstić information content (AvgIpc) is 2.72. The van der Waals surface area contributed by atoms with Crippen LogP contribution in [0, 0.1) is 0 Å². The van der Waals surface area contributed by atoms with Gasteiger partial charge in [0.05, 0.1) is 12.3 Å². The second-order valence-electron chi connectivity index (χ2n) is 3.99. The first kappa shape index (κ1) is 14.4. The highest BCUT2D eigenvalue weighted by Gasteiger charge is 2.14. The predicted octanol–water partition coefficient (Wildman–Crippen LogP) is 2.37. The number of ether oxygens (including phenoxy) is 1. The molecule has 4 nitrogen and oxygen atoms in total. The van der Waals surface area contributed by atoms with Gasteiger partial charge in [-0.1, -0.05) is 13.8 Å². The number of anilines is 1. The third kappa shape index (κ3) is 3.94. The lowest BCUT2D eigenvalue weighted by Gasteiger charge is -2.19. The molecule has 1 aromatic heterocycles. The highest BCUT2D eigenvalue weighted by atomic mass is 32.1. The molecule has 98 valence electrons. The molecule has 0 unspecified atom stereocenters. The van der Waals surface area contributed by atoms with Gasteiger partial charge in [0.15, 0.2) is 5.13 Å². The van der Waals surface area contributed by atoms with Gasteiger partial charge in [-0.2, -0.15) is 0 Å². The van der Waals surface area contributed by atoms with Crippen molar-refractivity contribution in [2.75, 3.05) is 25.1 Å². The van der Waals surface area contributed by atoms with E-state index in [9.17, 15) is 0 Å². The molecule has 0 amide bonds. The van der Waals surface area contributed by atoms with Crippen molar-refractivity contribution in [1.29, 1.82) is 0 Å². The van der Waals surface area contributed by atoms with E-state index >= 15 is 0 Å². The smallest absolute Gasteiger partial charge is 0.185 e. The van der Waals surface area contributed by atoms with Crippen LogP contribution in [0.4, 0.5) is 5.13 Å². The van der Waals surface area contributed by atoms with Gasteiger partial charge < -0.3 is 15.4 Å². The maximum Gasteiger partial charge on any atom is 0.185 e. The van der Waals surface area contributed by atoms with Crippen LogP contribution in [0.2, 0.25) is 0 Å². The third-order valence-electron chi connectivity index (χ3n) is 2.49. The molecule has 0 saturated heterocycles. The second kappa shape index (κ2) is 7.63. The molecule has 0 spiro atoms. The maximum atomic E-state index is 5.74. The van der Waals surface area contributed by atoms with Crippen LogP contribution < -0.4 is 10.6 Å². The Morgan fingerprint density at radius 1 is 1.29 bits per heavy atom. The highest BCUT2D eigenvalue weighted by Crippen LogP contribution is 2.27. The van der Waals surface area contributed by atoms with Crippen LogP contribution >= 0.6 is 11.3 Å². The Labute approximate surface area is 108 Å². The van der Waals surface area contributed by atoms with Gasteiger partial charge in [-0.3, -0.25) is 0 Å². The molecule has 2 N–H and O–H groups in total. The summed E-state index contributed by atoms with van der Waals surface area (Å²) in [5, 5.41) is 1.08. The molecule has 0 saturated carbocycles. The average molecular weight is 257 g/mol. The van der Waals surface area contributed by atoms with Crippen LogP contribution in [0.3, 0.4) is 0 Å². The second-order valence-corrected chi connectivity index (χ2v) is 5.05. The van der Waals surface area contributed by atoms with E-state index in [2.05, 4.69) is 23.7 Å². The summed E-state index contributed by atoms with van der Waals surface area (Å²) in [4.78, 5) is 8.12. The number of nitrogens with two attached hydrogens (primary N) is 1. The Balaban J connectivity index is 2.86. The lowest BCUT2D eigenvalue weighted by atomic mass is 10.3. The first-order chi connectivity index (χ1) is 8.26. The summed E-state index contributed by atoms with van der Waals surface area (Å²) in [6.45, 7) is 7.58. The van der Waals surface area contributed by atoms with E-state index in [1.165, 1.54) is 0 Å². The van der Waals surface area contributed by atoms with E-state index in [0.717, 1.165) is 41.6 Å². The van der Waals surface area contributed by atoms with Gasteiger partial charge >= 0.3 is 0 Å². The Kier molecular flexibility index (Phi) is 6.47. The fourth-order valence-corrected chi connectivity index (χ4v) is 2.75. The van der Waals surface area contributed by atoms with Crippen molar-refractivity contribution in [3.8, 4) is 0 Å². The quantitative estimate of drug-likeness (QED) is 0.777. The minimum Gasteiger partial charge on any atom is -0.378 e. The van der Waals surface area contributed by atoms with Crippen LogP contribution in [-0.2, 0) is 17.9 Å². The van der Waals surface area contributed by atoms with E-state index < -0.39 is 0 Å². The van der Waals surface area contributed by atoms with Crippen LogP contribution in [-0.4, -0.2) is 25.2 Å². The van der Waals surface area contributed by atoms with E-state index in [4.69, 9.17) is 10.5 Å². The Hall–Kier alpha value is -0.650. The van der Waals surface area contributed by atoms with E-state index in [-0.39, 0.29) is 0 Å².